The Balaban J connectivity index is 0.00000337. The molecule has 0 radical (unpaired) electrons. The first kappa shape index (κ1) is 38.4. The molecule has 0 atom stereocenters. The topological polar surface area (TPSA) is 74.8 Å². The smallest absolute Gasteiger partial charge is 0.261 e. The van der Waals surface area contributed by atoms with Gasteiger partial charge in [-0.25, -0.2) is 0 Å². The maximum absolute atomic E-state index is 12.7. The average Bonchev–Trinajstić information content (AvgIpc) is 3.31. The Hall–Kier alpha value is -1.82. The highest BCUT2D eigenvalue weighted by molar-refractivity contribution is 6.43. The van der Waals surface area contributed by atoms with E-state index in [1.165, 1.54) is 21.9 Å². The first-order valence-electron chi connectivity index (χ1n) is 14.8. The van der Waals surface area contributed by atoms with Crippen LogP contribution in [0.3, 0.4) is 0 Å². The highest BCUT2D eigenvalue weighted by Gasteiger charge is 2.37. The number of rotatable bonds is 15. The van der Waals surface area contributed by atoms with Crippen molar-refractivity contribution in [1.82, 2.24) is 9.80 Å². The predicted molar refractivity (Wildman–Crippen MR) is 165 cm³/mol. The molecule has 242 valence electrons. The van der Waals surface area contributed by atoms with Crippen molar-refractivity contribution in [2.45, 2.75) is 38.5 Å². The molecule has 8 nitrogen and oxygen atoms in total. The molecule has 2 aromatic carbocycles. The third-order valence-corrected chi connectivity index (χ3v) is 9.18. The van der Waals surface area contributed by atoms with Gasteiger partial charge in [0.15, 0.2) is 0 Å². The summed E-state index contributed by atoms with van der Waals surface area (Å²) in [5.74, 6) is -0.962. The standard InChI is InChI=1S/C32H42Cl2N4O4.2BrH/c1-37(2,19-11-15-35-29(39)23-13-7-8-14-24(23)30(35)40)17-9-5-6-10-18-38(3,4)20-12-16-36-31(41)25-21-27(33)28(34)22-26(25)32(36)42;;/h7-8,13-14,21-22H,5-6,9-12,15-20H2,1-4H3;2*1H/q+2;;/p-2. The third-order valence-electron chi connectivity index (χ3n) is 8.46. The number of nitrogens with zero attached hydrogens (tertiary/aromatic N) is 4. The molecule has 0 aromatic heterocycles. The third kappa shape index (κ3) is 9.13. The second-order valence-electron chi connectivity index (χ2n) is 12.8. The fourth-order valence-electron chi connectivity index (χ4n) is 5.90. The molecule has 2 aliphatic rings. The van der Waals surface area contributed by atoms with E-state index in [1.807, 2.05) is 0 Å². The number of halogens is 4. The van der Waals surface area contributed by atoms with E-state index in [9.17, 15) is 19.2 Å². The molecule has 0 N–H and O–H groups in total. The minimum Gasteiger partial charge on any atom is -1.00 e. The number of amides is 4. The Labute approximate surface area is 292 Å². The van der Waals surface area contributed by atoms with Gasteiger partial charge < -0.3 is 42.9 Å². The van der Waals surface area contributed by atoms with Gasteiger partial charge in [-0.1, -0.05) is 35.3 Å². The zero-order valence-corrected chi connectivity index (χ0v) is 30.6. The van der Waals surface area contributed by atoms with E-state index >= 15 is 0 Å². The first-order chi connectivity index (χ1) is 19.8. The Morgan fingerprint density at radius 3 is 1.20 bits per heavy atom. The second kappa shape index (κ2) is 16.1. The van der Waals surface area contributed by atoms with Crippen molar-refractivity contribution < 1.29 is 62.1 Å². The summed E-state index contributed by atoms with van der Waals surface area (Å²) in [4.78, 5) is 53.3. The number of hydrogen-bond acceptors (Lipinski definition) is 4. The van der Waals surface area contributed by atoms with E-state index < -0.39 is 0 Å². The molecular weight excluding hydrogens is 735 g/mol. The van der Waals surface area contributed by atoms with Crippen LogP contribution in [-0.4, -0.2) is 110 Å². The van der Waals surface area contributed by atoms with Crippen LogP contribution in [-0.2, 0) is 0 Å². The predicted octanol–water partition coefficient (Wildman–Crippen LogP) is -0.613. The van der Waals surface area contributed by atoms with E-state index in [0.717, 1.165) is 73.7 Å². The Morgan fingerprint density at radius 2 is 0.841 bits per heavy atom. The monoisotopic (exact) mass is 774 g/mol. The summed E-state index contributed by atoms with van der Waals surface area (Å²) in [6.07, 6.45) is 6.06. The van der Waals surface area contributed by atoms with Crippen LogP contribution in [0.1, 0.15) is 80.0 Å². The molecular formula is C32H42Br2Cl2N4O4. The summed E-state index contributed by atoms with van der Waals surface area (Å²) in [6.45, 7) is 4.69. The quantitative estimate of drug-likeness (QED) is 0.138. The molecule has 0 saturated heterocycles. The SMILES string of the molecule is C[N+](C)(CCCCCC[N+](C)(C)CCCN1C(=O)c2cc(Cl)c(Cl)cc2C1=O)CCCN1C(=O)c2ccccc2C1=O.[Br-].[Br-]. The van der Waals surface area contributed by atoms with Crippen molar-refractivity contribution in [3.8, 4) is 0 Å². The van der Waals surface area contributed by atoms with Gasteiger partial charge in [0.1, 0.15) is 0 Å². The van der Waals surface area contributed by atoms with E-state index in [-0.39, 0.29) is 67.6 Å². The Bertz CT molecular complexity index is 1310. The number of hydrogen-bond donors (Lipinski definition) is 0. The lowest BCUT2D eigenvalue weighted by Crippen LogP contribution is -3.00. The second-order valence-corrected chi connectivity index (χ2v) is 13.6. The van der Waals surface area contributed by atoms with Crippen LogP contribution in [0.2, 0.25) is 10.0 Å². The van der Waals surface area contributed by atoms with E-state index in [1.54, 1.807) is 24.3 Å². The van der Waals surface area contributed by atoms with Gasteiger partial charge >= 0.3 is 0 Å². The van der Waals surface area contributed by atoms with Crippen molar-refractivity contribution in [2.24, 2.45) is 0 Å². The van der Waals surface area contributed by atoms with Crippen molar-refractivity contribution in [2.75, 3.05) is 67.5 Å². The van der Waals surface area contributed by atoms with Gasteiger partial charge in [-0.3, -0.25) is 29.0 Å². The van der Waals surface area contributed by atoms with Crippen molar-refractivity contribution in [3.05, 3.63) is 68.7 Å². The Kier molecular flexibility index (Phi) is 14.1. The van der Waals surface area contributed by atoms with Crippen molar-refractivity contribution in [3.63, 3.8) is 0 Å². The highest BCUT2D eigenvalue weighted by atomic mass is 79.9. The molecule has 0 bridgehead atoms. The van der Waals surface area contributed by atoms with Gasteiger partial charge in [0.2, 0.25) is 0 Å². The Morgan fingerprint density at radius 1 is 0.523 bits per heavy atom. The molecule has 0 spiro atoms. The highest BCUT2D eigenvalue weighted by Crippen LogP contribution is 2.31. The van der Waals surface area contributed by atoms with E-state index in [0.29, 0.717) is 35.3 Å². The van der Waals surface area contributed by atoms with Gasteiger partial charge in [-0.2, -0.15) is 0 Å². The van der Waals surface area contributed by atoms with Crippen LogP contribution in [0, 0.1) is 0 Å². The van der Waals surface area contributed by atoms with Crippen molar-refractivity contribution in [1.29, 1.82) is 0 Å². The molecule has 12 heteroatoms. The summed E-state index contributed by atoms with van der Waals surface area (Å²) in [6, 6.07) is 10.0. The molecule has 2 aliphatic heterocycles. The molecule has 0 fully saturated rings. The minimum atomic E-state index is -0.302. The van der Waals surface area contributed by atoms with Crippen LogP contribution in [0.25, 0.3) is 0 Å². The number of unbranched alkanes of at least 4 members (excludes halogenated alkanes) is 3. The normalized spacial score (nSPS) is 14.5. The van der Waals surface area contributed by atoms with Crippen LogP contribution in [0.5, 0.6) is 0 Å². The maximum Gasteiger partial charge on any atom is 0.261 e. The lowest BCUT2D eigenvalue weighted by molar-refractivity contribution is -0.891. The molecule has 0 unspecified atom stereocenters. The fourth-order valence-corrected chi connectivity index (χ4v) is 6.23. The number of imide groups is 2. The van der Waals surface area contributed by atoms with Gasteiger partial charge in [-0.15, -0.1) is 0 Å². The molecule has 0 saturated carbocycles. The summed E-state index contributed by atoms with van der Waals surface area (Å²) < 4.78 is 1.70. The minimum absolute atomic E-state index is 0. The van der Waals surface area contributed by atoms with Crippen LogP contribution < -0.4 is 34.0 Å². The van der Waals surface area contributed by atoms with E-state index in [4.69, 9.17) is 23.2 Å². The molecule has 2 heterocycles. The summed E-state index contributed by atoms with van der Waals surface area (Å²) in [5, 5.41) is 0.552. The molecule has 4 amide bonds. The van der Waals surface area contributed by atoms with E-state index in [2.05, 4.69) is 28.2 Å². The summed E-state index contributed by atoms with van der Waals surface area (Å²) >= 11 is 12.1. The molecule has 2 aromatic rings. The summed E-state index contributed by atoms with van der Waals surface area (Å²) in [5.41, 5.74) is 1.68. The zero-order valence-electron chi connectivity index (χ0n) is 25.9. The van der Waals surface area contributed by atoms with Gasteiger partial charge in [-0.05, 0) is 49.9 Å². The largest absolute Gasteiger partial charge is 1.00 e. The summed E-state index contributed by atoms with van der Waals surface area (Å²) in [7, 11) is 8.80. The van der Waals surface area contributed by atoms with Gasteiger partial charge in [0.05, 0.1) is 86.7 Å². The van der Waals surface area contributed by atoms with Crippen LogP contribution in [0.4, 0.5) is 0 Å². The maximum atomic E-state index is 12.7. The van der Waals surface area contributed by atoms with Gasteiger partial charge in [0, 0.05) is 25.9 Å². The van der Waals surface area contributed by atoms with Crippen molar-refractivity contribution >= 4 is 46.8 Å². The zero-order chi connectivity index (χ0) is 30.7. The number of benzene rings is 2. The van der Waals surface area contributed by atoms with Gasteiger partial charge in [0.25, 0.3) is 23.6 Å². The van der Waals surface area contributed by atoms with Crippen LogP contribution >= 0.6 is 23.2 Å². The number of fused-ring (bicyclic) bond motifs is 2. The lowest BCUT2D eigenvalue weighted by atomic mass is 10.1. The average molecular weight is 777 g/mol. The first-order valence-corrected chi connectivity index (χ1v) is 15.5. The molecule has 4 rings (SSSR count). The molecule has 44 heavy (non-hydrogen) atoms. The number of carbonyl (C=O) groups is 4. The lowest BCUT2D eigenvalue weighted by Gasteiger charge is -2.31. The molecule has 0 aliphatic carbocycles. The number of quaternary nitrogens is 2. The number of carbonyl (C=O) groups excluding carboxylic acids is 4. The van der Waals surface area contributed by atoms with Crippen LogP contribution in [0.15, 0.2) is 36.4 Å². The fraction of sp³-hybridized carbons (Fsp3) is 0.500.